The summed E-state index contributed by atoms with van der Waals surface area (Å²) in [6, 6.07) is 9.33. The van der Waals surface area contributed by atoms with Gasteiger partial charge in [0.15, 0.2) is 5.96 Å². The van der Waals surface area contributed by atoms with Gasteiger partial charge in [0, 0.05) is 32.0 Å². The normalized spacial score (nSPS) is 11.4. The Labute approximate surface area is 136 Å². The van der Waals surface area contributed by atoms with Crippen LogP contribution in [0.1, 0.15) is 22.4 Å². The van der Waals surface area contributed by atoms with E-state index in [-0.39, 0.29) is 5.82 Å². The fraction of sp³-hybridized carbons (Fsp3) is 0.333. The number of aliphatic imine (C=N–C) groups is 1. The minimum atomic E-state index is -0.181. The third-order valence-corrected chi connectivity index (χ3v) is 3.60. The molecule has 2 rings (SSSR count). The van der Waals surface area contributed by atoms with Crippen molar-refractivity contribution < 1.29 is 4.39 Å². The number of nitrogens with zero attached hydrogens (tertiary/aromatic N) is 2. The van der Waals surface area contributed by atoms with Crippen LogP contribution in [0.15, 0.2) is 41.5 Å². The zero-order valence-corrected chi connectivity index (χ0v) is 13.9. The van der Waals surface area contributed by atoms with Gasteiger partial charge in [-0.3, -0.25) is 9.98 Å². The maximum atomic E-state index is 13.5. The highest BCUT2D eigenvalue weighted by Crippen LogP contribution is 2.08. The summed E-state index contributed by atoms with van der Waals surface area (Å²) < 4.78 is 13.5. The lowest BCUT2D eigenvalue weighted by Gasteiger charge is -2.12. The summed E-state index contributed by atoms with van der Waals surface area (Å²) in [7, 11) is 1.72. The summed E-state index contributed by atoms with van der Waals surface area (Å²) in [4.78, 5) is 8.45. The summed E-state index contributed by atoms with van der Waals surface area (Å²) >= 11 is 0. The first-order chi connectivity index (χ1) is 11.1. The molecule has 0 spiro atoms. The number of aryl methyl sites for hydroxylation is 2. The minimum absolute atomic E-state index is 0.181. The van der Waals surface area contributed by atoms with Crippen molar-refractivity contribution in [1.82, 2.24) is 15.6 Å². The molecular formula is C18H23FN4. The van der Waals surface area contributed by atoms with Gasteiger partial charge >= 0.3 is 0 Å². The van der Waals surface area contributed by atoms with Crippen molar-refractivity contribution in [2.45, 2.75) is 26.8 Å². The predicted molar refractivity (Wildman–Crippen MR) is 92.0 cm³/mol. The van der Waals surface area contributed by atoms with Gasteiger partial charge in [0.25, 0.3) is 0 Å². The SMILES string of the molecule is CN=C(NCCc1ccc(C)nc1)NCc1ccc(C)c(F)c1. The van der Waals surface area contributed by atoms with Crippen LogP contribution in [-0.2, 0) is 13.0 Å². The van der Waals surface area contributed by atoms with Crippen molar-refractivity contribution >= 4 is 5.96 Å². The number of pyridine rings is 1. The number of nitrogens with one attached hydrogen (secondary N) is 2. The fourth-order valence-corrected chi connectivity index (χ4v) is 2.12. The van der Waals surface area contributed by atoms with Crippen LogP contribution in [-0.4, -0.2) is 24.5 Å². The number of halogens is 1. The molecule has 2 N–H and O–H groups in total. The Morgan fingerprint density at radius 1 is 1.13 bits per heavy atom. The molecular weight excluding hydrogens is 291 g/mol. The van der Waals surface area contributed by atoms with Crippen LogP contribution in [0.5, 0.6) is 0 Å². The molecule has 0 amide bonds. The van der Waals surface area contributed by atoms with Crippen LogP contribution in [0.2, 0.25) is 0 Å². The number of benzene rings is 1. The first-order valence-electron chi connectivity index (χ1n) is 7.69. The van der Waals surface area contributed by atoms with Crippen molar-refractivity contribution in [2.75, 3.05) is 13.6 Å². The molecule has 0 fully saturated rings. The molecule has 122 valence electrons. The Hall–Kier alpha value is -2.43. The lowest BCUT2D eigenvalue weighted by molar-refractivity contribution is 0.615. The molecule has 0 aliphatic carbocycles. The Morgan fingerprint density at radius 2 is 1.91 bits per heavy atom. The Morgan fingerprint density at radius 3 is 2.57 bits per heavy atom. The highest BCUT2D eigenvalue weighted by Gasteiger charge is 2.02. The first-order valence-corrected chi connectivity index (χ1v) is 7.69. The van der Waals surface area contributed by atoms with Gasteiger partial charge in [-0.1, -0.05) is 18.2 Å². The summed E-state index contributed by atoms with van der Waals surface area (Å²) in [6.07, 6.45) is 2.76. The zero-order valence-electron chi connectivity index (χ0n) is 13.9. The number of hydrogen-bond donors (Lipinski definition) is 2. The smallest absolute Gasteiger partial charge is 0.191 e. The molecule has 2 aromatic rings. The van der Waals surface area contributed by atoms with E-state index >= 15 is 0 Å². The van der Waals surface area contributed by atoms with Crippen LogP contribution in [0.4, 0.5) is 4.39 Å². The predicted octanol–water partition coefficient (Wildman–Crippen LogP) is 2.75. The molecule has 0 aliphatic heterocycles. The van der Waals surface area contributed by atoms with Gasteiger partial charge in [-0.05, 0) is 49.1 Å². The third kappa shape index (κ3) is 5.36. The van der Waals surface area contributed by atoms with Crippen molar-refractivity contribution in [1.29, 1.82) is 0 Å². The summed E-state index contributed by atoms with van der Waals surface area (Å²) in [6.45, 7) is 5.02. The molecule has 0 unspecified atom stereocenters. The maximum Gasteiger partial charge on any atom is 0.191 e. The maximum absolute atomic E-state index is 13.5. The average Bonchev–Trinajstić information content (AvgIpc) is 2.55. The van der Waals surface area contributed by atoms with E-state index < -0.39 is 0 Å². The lowest BCUT2D eigenvalue weighted by Crippen LogP contribution is -2.37. The highest BCUT2D eigenvalue weighted by atomic mass is 19.1. The number of guanidine groups is 1. The Kier molecular flexibility index (Phi) is 6.09. The second kappa shape index (κ2) is 8.27. The van der Waals surface area contributed by atoms with E-state index in [4.69, 9.17) is 0 Å². The van der Waals surface area contributed by atoms with Crippen LogP contribution in [0.3, 0.4) is 0 Å². The quantitative estimate of drug-likeness (QED) is 0.659. The second-order valence-electron chi connectivity index (χ2n) is 5.49. The van der Waals surface area contributed by atoms with Crippen molar-refractivity contribution in [2.24, 2.45) is 4.99 Å². The number of hydrogen-bond acceptors (Lipinski definition) is 2. The molecule has 0 aliphatic rings. The largest absolute Gasteiger partial charge is 0.356 e. The van der Waals surface area contributed by atoms with Gasteiger partial charge in [-0.25, -0.2) is 4.39 Å². The molecule has 4 nitrogen and oxygen atoms in total. The average molecular weight is 314 g/mol. The van der Waals surface area contributed by atoms with Crippen LogP contribution >= 0.6 is 0 Å². The van der Waals surface area contributed by atoms with E-state index in [1.165, 1.54) is 5.56 Å². The van der Waals surface area contributed by atoms with E-state index in [1.807, 2.05) is 25.3 Å². The standard InChI is InChI=1S/C18H23FN4/c1-13-4-6-16(10-17(13)19)12-23-18(20-3)21-9-8-15-7-5-14(2)22-11-15/h4-7,10-11H,8-9,12H2,1-3H3,(H2,20,21,23). The fourth-order valence-electron chi connectivity index (χ4n) is 2.12. The van der Waals surface area contributed by atoms with E-state index in [2.05, 4.69) is 26.7 Å². The zero-order chi connectivity index (χ0) is 16.7. The van der Waals surface area contributed by atoms with Crippen LogP contribution in [0, 0.1) is 19.7 Å². The first kappa shape index (κ1) is 16.9. The van der Waals surface area contributed by atoms with Crippen molar-refractivity contribution in [3.8, 4) is 0 Å². The van der Waals surface area contributed by atoms with Crippen molar-refractivity contribution in [3.63, 3.8) is 0 Å². The van der Waals surface area contributed by atoms with Gasteiger partial charge in [0.2, 0.25) is 0 Å². The highest BCUT2D eigenvalue weighted by molar-refractivity contribution is 5.79. The third-order valence-electron chi connectivity index (χ3n) is 3.60. The lowest BCUT2D eigenvalue weighted by atomic mass is 10.1. The molecule has 0 radical (unpaired) electrons. The molecule has 5 heteroatoms. The molecule has 0 saturated carbocycles. The van der Waals surface area contributed by atoms with Gasteiger partial charge < -0.3 is 10.6 Å². The summed E-state index contributed by atoms with van der Waals surface area (Å²) in [5, 5.41) is 6.43. The Bertz CT molecular complexity index is 665. The molecule has 0 bridgehead atoms. The monoisotopic (exact) mass is 314 g/mol. The Balaban J connectivity index is 1.79. The molecule has 23 heavy (non-hydrogen) atoms. The summed E-state index contributed by atoms with van der Waals surface area (Å²) in [5.41, 5.74) is 3.74. The topological polar surface area (TPSA) is 49.3 Å². The molecule has 1 aromatic carbocycles. The second-order valence-corrected chi connectivity index (χ2v) is 5.49. The van der Waals surface area contributed by atoms with Gasteiger partial charge in [-0.15, -0.1) is 0 Å². The van der Waals surface area contributed by atoms with E-state index in [1.54, 1.807) is 26.1 Å². The van der Waals surface area contributed by atoms with Gasteiger partial charge in [-0.2, -0.15) is 0 Å². The van der Waals surface area contributed by atoms with E-state index in [0.717, 1.165) is 24.2 Å². The molecule has 0 atom stereocenters. The van der Waals surface area contributed by atoms with E-state index in [0.29, 0.717) is 18.1 Å². The van der Waals surface area contributed by atoms with Gasteiger partial charge in [0.05, 0.1) is 0 Å². The number of aromatic nitrogens is 1. The number of rotatable bonds is 5. The molecule has 1 heterocycles. The minimum Gasteiger partial charge on any atom is -0.356 e. The van der Waals surface area contributed by atoms with Crippen LogP contribution in [0.25, 0.3) is 0 Å². The molecule has 1 aromatic heterocycles. The van der Waals surface area contributed by atoms with E-state index in [9.17, 15) is 4.39 Å². The van der Waals surface area contributed by atoms with Gasteiger partial charge in [0.1, 0.15) is 5.82 Å². The van der Waals surface area contributed by atoms with Crippen molar-refractivity contribution in [3.05, 3.63) is 64.7 Å². The molecule has 0 saturated heterocycles. The van der Waals surface area contributed by atoms with Crippen LogP contribution < -0.4 is 10.6 Å². The summed E-state index contributed by atoms with van der Waals surface area (Å²) in [5.74, 6) is 0.519.